The number of ketones is 1. The minimum Gasteiger partial charge on any atom is -0.496 e. The summed E-state index contributed by atoms with van der Waals surface area (Å²) in [5.41, 5.74) is 3.37. The van der Waals surface area contributed by atoms with Gasteiger partial charge in [-0.3, -0.25) is 4.79 Å². The van der Waals surface area contributed by atoms with Gasteiger partial charge in [0.25, 0.3) is 0 Å². The number of aliphatic hydroxyl groups excluding tert-OH is 1. The zero-order chi connectivity index (χ0) is 17.4. The summed E-state index contributed by atoms with van der Waals surface area (Å²) in [6.45, 7) is 2.00. The first kappa shape index (κ1) is 18.2. The van der Waals surface area contributed by atoms with E-state index in [1.807, 2.05) is 55.5 Å². The minimum atomic E-state index is -0.583. The topological polar surface area (TPSA) is 46.5 Å². The number of hydrogen-bond donors (Lipinski definition) is 1. The monoisotopic (exact) mass is 326 g/mol. The number of Topliss-reactive ketones (excluding diaryl/α,β-unsaturated/α-hetero) is 1. The average molecular weight is 326 g/mol. The van der Waals surface area contributed by atoms with Gasteiger partial charge < -0.3 is 9.84 Å². The van der Waals surface area contributed by atoms with Crippen LogP contribution in [0, 0.1) is 6.92 Å². The Kier molecular flexibility index (Phi) is 7.01. The van der Waals surface area contributed by atoms with Crippen LogP contribution in [0.1, 0.15) is 36.0 Å². The summed E-state index contributed by atoms with van der Waals surface area (Å²) in [6, 6.07) is 16.0. The van der Waals surface area contributed by atoms with Gasteiger partial charge in [0.2, 0.25) is 0 Å². The van der Waals surface area contributed by atoms with Gasteiger partial charge in [0.05, 0.1) is 13.2 Å². The van der Waals surface area contributed by atoms with Crippen LogP contribution in [0.3, 0.4) is 0 Å². The second-order valence-electron chi connectivity index (χ2n) is 6.22. The quantitative estimate of drug-likeness (QED) is 0.760. The van der Waals surface area contributed by atoms with Gasteiger partial charge >= 0.3 is 0 Å². The third kappa shape index (κ3) is 5.82. The van der Waals surface area contributed by atoms with Crippen LogP contribution in [0.5, 0.6) is 5.75 Å². The summed E-state index contributed by atoms with van der Waals surface area (Å²) in [4.78, 5) is 12.0. The molecule has 0 aromatic heterocycles. The number of aryl methyl sites for hydroxylation is 3. The molecule has 0 saturated carbocycles. The van der Waals surface area contributed by atoms with E-state index in [0.717, 1.165) is 35.3 Å². The van der Waals surface area contributed by atoms with Crippen molar-refractivity contribution in [2.45, 2.75) is 45.1 Å². The number of ether oxygens (including phenoxy) is 1. The summed E-state index contributed by atoms with van der Waals surface area (Å²) in [7, 11) is 1.66. The molecule has 0 aliphatic heterocycles. The Morgan fingerprint density at radius 2 is 1.83 bits per heavy atom. The molecule has 0 radical (unpaired) electrons. The Bertz CT molecular complexity index is 649. The van der Waals surface area contributed by atoms with Crippen molar-refractivity contribution in [3.63, 3.8) is 0 Å². The first-order valence-electron chi connectivity index (χ1n) is 8.45. The fourth-order valence-electron chi connectivity index (χ4n) is 2.75. The largest absolute Gasteiger partial charge is 0.496 e. The molecule has 0 saturated heterocycles. The maximum atomic E-state index is 12.0. The van der Waals surface area contributed by atoms with Gasteiger partial charge in [0.15, 0.2) is 0 Å². The van der Waals surface area contributed by atoms with E-state index in [1.165, 1.54) is 0 Å². The van der Waals surface area contributed by atoms with Crippen LogP contribution >= 0.6 is 0 Å². The van der Waals surface area contributed by atoms with Gasteiger partial charge in [-0.15, -0.1) is 0 Å². The number of carbonyl (C=O) groups is 1. The molecular formula is C21H26O3. The summed E-state index contributed by atoms with van der Waals surface area (Å²) in [5, 5.41) is 10.1. The highest BCUT2D eigenvalue weighted by Crippen LogP contribution is 2.20. The highest BCUT2D eigenvalue weighted by atomic mass is 16.5. The maximum absolute atomic E-state index is 12.0. The van der Waals surface area contributed by atoms with Crippen molar-refractivity contribution in [3.05, 3.63) is 65.2 Å². The molecule has 3 nitrogen and oxygen atoms in total. The molecule has 3 heteroatoms. The molecule has 0 spiro atoms. The van der Waals surface area contributed by atoms with E-state index in [2.05, 4.69) is 0 Å². The standard InChI is InChI=1S/C21H26O3/c1-16-8-9-18(14-21(16)24-2)11-13-20(23)15-19(22)12-10-17-6-4-3-5-7-17/h3-9,14,20,23H,10-13,15H2,1-2H3. The Balaban J connectivity index is 1.74. The highest BCUT2D eigenvalue weighted by Gasteiger charge is 2.12. The van der Waals surface area contributed by atoms with E-state index < -0.39 is 6.10 Å². The van der Waals surface area contributed by atoms with Gasteiger partial charge in [-0.05, 0) is 48.9 Å². The average Bonchev–Trinajstić information content (AvgIpc) is 2.60. The number of hydrogen-bond acceptors (Lipinski definition) is 3. The molecule has 24 heavy (non-hydrogen) atoms. The molecule has 0 aliphatic rings. The predicted molar refractivity (Wildman–Crippen MR) is 96.4 cm³/mol. The molecule has 2 rings (SSSR count). The fraction of sp³-hybridized carbons (Fsp3) is 0.381. The minimum absolute atomic E-state index is 0.118. The smallest absolute Gasteiger partial charge is 0.135 e. The van der Waals surface area contributed by atoms with E-state index in [4.69, 9.17) is 4.74 Å². The molecule has 128 valence electrons. The third-order valence-corrected chi connectivity index (χ3v) is 4.24. The van der Waals surface area contributed by atoms with Gasteiger partial charge in [-0.2, -0.15) is 0 Å². The highest BCUT2D eigenvalue weighted by molar-refractivity contribution is 5.79. The molecular weight excluding hydrogens is 300 g/mol. The van der Waals surface area contributed by atoms with Crippen molar-refractivity contribution in [1.82, 2.24) is 0 Å². The van der Waals surface area contributed by atoms with Crippen molar-refractivity contribution in [1.29, 1.82) is 0 Å². The molecule has 0 bridgehead atoms. The second-order valence-corrected chi connectivity index (χ2v) is 6.22. The van der Waals surface area contributed by atoms with Crippen LogP contribution in [0.2, 0.25) is 0 Å². The lowest BCUT2D eigenvalue weighted by Gasteiger charge is -2.11. The summed E-state index contributed by atoms with van der Waals surface area (Å²) in [5.74, 6) is 0.980. The van der Waals surface area contributed by atoms with Crippen molar-refractivity contribution >= 4 is 5.78 Å². The van der Waals surface area contributed by atoms with E-state index in [1.54, 1.807) is 7.11 Å². The van der Waals surface area contributed by atoms with Gasteiger partial charge in [0, 0.05) is 12.8 Å². The molecule has 0 heterocycles. The predicted octanol–water partition coefficient (Wildman–Crippen LogP) is 3.89. The number of carbonyl (C=O) groups excluding carboxylic acids is 1. The molecule has 1 N–H and O–H groups in total. The van der Waals surface area contributed by atoms with Crippen LogP contribution in [-0.4, -0.2) is 24.1 Å². The van der Waals surface area contributed by atoms with E-state index in [0.29, 0.717) is 12.8 Å². The van der Waals surface area contributed by atoms with Crippen molar-refractivity contribution in [2.75, 3.05) is 7.11 Å². The van der Waals surface area contributed by atoms with Gasteiger partial charge in [-0.25, -0.2) is 0 Å². The Labute approximate surface area is 144 Å². The molecule has 0 fully saturated rings. The molecule has 1 atom stereocenters. The van der Waals surface area contributed by atoms with E-state index in [9.17, 15) is 9.90 Å². The number of methoxy groups -OCH3 is 1. The Morgan fingerprint density at radius 3 is 2.54 bits per heavy atom. The lowest BCUT2D eigenvalue weighted by atomic mass is 9.99. The molecule has 2 aromatic carbocycles. The molecule has 0 aliphatic carbocycles. The van der Waals surface area contributed by atoms with E-state index >= 15 is 0 Å². The summed E-state index contributed by atoms with van der Waals surface area (Å²) >= 11 is 0. The fourth-order valence-corrected chi connectivity index (χ4v) is 2.75. The number of benzene rings is 2. The molecule has 0 amide bonds. The molecule has 2 aromatic rings. The normalized spacial score (nSPS) is 12.0. The zero-order valence-electron chi connectivity index (χ0n) is 14.5. The van der Waals surface area contributed by atoms with E-state index in [-0.39, 0.29) is 12.2 Å². The SMILES string of the molecule is COc1cc(CCC(O)CC(=O)CCc2ccccc2)ccc1C. The Morgan fingerprint density at radius 1 is 1.08 bits per heavy atom. The second kappa shape index (κ2) is 9.24. The first-order valence-corrected chi connectivity index (χ1v) is 8.45. The van der Waals surface area contributed by atoms with Crippen LogP contribution in [0.15, 0.2) is 48.5 Å². The van der Waals surface area contributed by atoms with Crippen LogP contribution in [0.4, 0.5) is 0 Å². The maximum Gasteiger partial charge on any atom is 0.135 e. The molecule has 1 unspecified atom stereocenters. The Hall–Kier alpha value is -2.13. The third-order valence-electron chi connectivity index (χ3n) is 4.24. The van der Waals surface area contributed by atoms with Crippen LogP contribution in [-0.2, 0) is 17.6 Å². The van der Waals surface area contributed by atoms with Crippen LogP contribution < -0.4 is 4.74 Å². The summed E-state index contributed by atoms with van der Waals surface area (Å²) < 4.78 is 5.31. The summed E-state index contributed by atoms with van der Waals surface area (Å²) in [6.07, 6.45) is 2.20. The first-order chi connectivity index (χ1) is 11.6. The van der Waals surface area contributed by atoms with Crippen molar-refractivity contribution < 1.29 is 14.6 Å². The van der Waals surface area contributed by atoms with Crippen molar-refractivity contribution in [3.8, 4) is 5.75 Å². The lowest BCUT2D eigenvalue weighted by Crippen LogP contribution is -2.15. The zero-order valence-corrected chi connectivity index (χ0v) is 14.5. The number of aliphatic hydroxyl groups is 1. The van der Waals surface area contributed by atoms with Crippen LogP contribution in [0.25, 0.3) is 0 Å². The lowest BCUT2D eigenvalue weighted by molar-refractivity contribution is -0.120. The van der Waals surface area contributed by atoms with Crippen molar-refractivity contribution in [2.24, 2.45) is 0 Å². The number of rotatable bonds is 9. The van der Waals surface area contributed by atoms with Gasteiger partial charge in [-0.1, -0.05) is 42.5 Å². The van der Waals surface area contributed by atoms with Gasteiger partial charge in [0.1, 0.15) is 11.5 Å².